The van der Waals surface area contributed by atoms with Crippen molar-refractivity contribution in [2.45, 2.75) is 26.4 Å². The van der Waals surface area contributed by atoms with Crippen molar-refractivity contribution in [3.8, 4) is 0 Å². The van der Waals surface area contributed by atoms with Gasteiger partial charge in [0.2, 0.25) is 10.0 Å². The van der Waals surface area contributed by atoms with Crippen molar-refractivity contribution in [3.05, 3.63) is 0 Å². The molecule has 1 fully saturated rings. The van der Waals surface area contributed by atoms with Gasteiger partial charge in [0.05, 0.1) is 18.5 Å². The minimum Gasteiger partial charge on any atom is -0.374 e. The summed E-state index contributed by atoms with van der Waals surface area (Å²) in [6.07, 6.45) is 0.679. The van der Waals surface area contributed by atoms with E-state index in [1.807, 2.05) is 13.8 Å². The first-order valence-electron chi connectivity index (χ1n) is 6.18. The molecule has 0 spiro atoms. The van der Waals surface area contributed by atoms with E-state index in [1.165, 1.54) is 4.31 Å². The number of hydrogen-bond acceptors (Lipinski definition) is 4. The quantitative estimate of drug-likeness (QED) is 0.749. The van der Waals surface area contributed by atoms with Crippen molar-refractivity contribution in [1.29, 1.82) is 0 Å². The molecule has 0 amide bonds. The Bertz CT molecular complexity index is 311. The van der Waals surface area contributed by atoms with Crippen LogP contribution in [0.15, 0.2) is 0 Å². The molecule has 1 aliphatic rings. The van der Waals surface area contributed by atoms with Crippen molar-refractivity contribution in [2.75, 3.05) is 39.0 Å². The lowest BCUT2D eigenvalue weighted by atomic mass is 10.2. The smallest absolute Gasteiger partial charge is 0.213 e. The van der Waals surface area contributed by atoms with Gasteiger partial charge in [-0.05, 0) is 12.3 Å². The van der Waals surface area contributed by atoms with Gasteiger partial charge in [0.1, 0.15) is 0 Å². The van der Waals surface area contributed by atoms with Crippen LogP contribution in [0.3, 0.4) is 0 Å². The first-order valence-corrected chi connectivity index (χ1v) is 7.79. The number of morpholine rings is 1. The molecule has 0 aromatic rings. The summed E-state index contributed by atoms with van der Waals surface area (Å²) in [4.78, 5) is 0. The van der Waals surface area contributed by atoms with E-state index >= 15 is 0 Å². The maximum Gasteiger partial charge on any atom is 0.213 e. The van der Waals surface area contributed by atoms with Gasteiger partial charge >= 0.3 is 0 Å². The fourth-order valence-corrected chi connectivity index (χ4v) is 3.15. The van der Waals surface area contributed by atoms with E-state index in [0.29, 0.717) is 25.5 Å². The summed E-state index contributed by atoms with van der Waals surface area (Å²) in [6.45, 7) is 6.73. The number of likely N-dealkylation sites (N-methyl/N-ethyl adjacent to an activating group) is 1. The van der Waals surface area contributed by atoms with Crippen LogP contribution < -0.4 is 5.32 Å². The minimum atomic E-state index is -3.13. The highest BCUT2D eigenvalue weighted by atomic mass is 32.2. The second-order valence-electron chi connectivity index (χ2n) is 4.98. The predicted octanol–water partition coefficient (Wildman–Crippen LogP) is 0.283. The Morgan fingerprint density at radius 2 is 2.18 bits per heavy atom. The van der Waals surface area contributed by atoms with Crippen LogP contribution >= 0.6 is 0 Å². The van der Waals surface area contributed by atoms with Gasteiger partial charge in [0.25, 0.3) is 0 Å². The molecule has 6 heteroatoms. The van der Waals surface area contributed by atoms with Crippen molar-refractivity contribution in [1.82, 2.24) is 9.62 Å². The lowest BCUT2D eigenvalue weighted by Crippen LogP contribution is -2.46. The van der Waals surface area contributed by atoms with Gasteiger partial charge in [-0.15, -0.1) is 0 Å². The monoisotopic (exact) mass is 264 g/mol. The van der Waals surface area contributed by atoms with Gasteiger partial charge in [0, 0.05) is 26.7 Å². The van der Waals surface area contributed by atoms with E-state index in [2.05, 4.69) is 5.32 Å². The highest BCUT2D eigenvalue weighted by Crippen LogP contribution is 2.08. The van der Waals surface area contributed by atoms with E-state index in [4.69, 9.17) is 4.74 Å². The Morgan fingerprint density at radius 1 is 1.47 bits per heavy atom. The highest BCUT2D eigenvalue weighted by Gasteiger charge is 2.23. The van der Waals surface area contributed by atoms with Crippen LogP contribution in [0.1, 0.15) is 20.3 Å². The zero-order valence-electron chi connectivity index (χ0n) is 11.0. The highest BCUT2D eigenvalue weighted by molar-refractivity contribution is 7.89. The first-order chi connectivity index (χ1) is 7.92. The number of ether oxygens (including phenoxy) is 1. The average molecular weight is 264 g/mol. The van der Waals surface area contributed by atoms with Crippen LogP contribution in [-0.2, 0) is 14.8 Å². The van der Waals surface area contributed by atoms with Gasteiger partial charge < -0.3 is 10.1 Å². The molecule has 0 bridgehead atoms. The Hall–Kier alpha value is -0.170. The largest absolute Gasteiger partial charge is 0.374 e. The SMILES string of the molecule is CC(C)CCS(=O)(=O)N(C)CC1CNCCO1. The molecule has 0 saturated carbocycles. The third-order valence-electron chi connectivity index (χ3n) is 2.89. The summed E-state index contributed by atoms with van der Waals surface area (Å²) < 4.78 is 30.8. The van der Waals surface area contributed by atoms with Crippen LogP contribution in [0.25, 0.3) is 0 Å². The summed E-state index contributed by atoms with van der Waals surface area (Å²) in [5.41, 5.74) is 0. The molecular weight excluding hydrogens is 240 g/mol. The summed E-state index contributed by atoms with van der Waals surface area (Å²) in [5.74, 6) is 0.632. The lowest BCUT2D eigenvalue weighted by Gasteiger charge is -2.27. The van der Waals surface area contributed by atoms with Gasteiger partial charge in [0.15, 0.2) is 0 Å². The van der Waals surface area contributed by atoms with Gasteiger partial charge in [-0.3, -0.25) is 0 Å². The topological polar surface area (TPSA) is 58.6 Å². The summed E-state index contributed by atoms with van der Waals surface area (Å²) >= 11 is 0. The molecule has 0 aliphatic carbocycles. The maximum absolute atomic E-state index is 12.0. The van der Waals surface area contributed by atoms with Crippen LogP contribution in [0, 0.1) is 5.92 Å². The fourth-order valence-electron chi connectivity index (χ4n) is 1.68. The Morgan fingerprint density at radius 3 is 2.71 bits per heavy atom. The van der Waals surface area contributed by atoms with Crippen LogP contribution in [0.2, 0.25) is 0 Å². The molecule has 1 rings (SSSR count). The third-order valence-corrected chi connectivity index (χ3v) is 4.74. The van der Waals surface area contributed by atoms with E-state index in [1.54, 1.807) is 7.05 Å². The Balaban J connectivity index is 2.41. The van der Waals surface area contributed by atoms with Gasteiger partial charge in [-0.2, -0.15) is 0 Å². The van der Waals surface area contributed by atoms with E-state index in [0.717, 1.165) is 13.1 Å². The molecule has 0 radical (unpaired) electrons. The fraction of sp³-hybridized carbons (Fsp3) is 1.00. The molecule has 0 aromatic heterocycles. The number of sulfonamides is 1. The maximum atomic E-state index is 12.0. The summed E-state index contributed by atoms with van der Waals surface area (Å²) in [6, 6.07) is 0. The molecule has 1 unspecified atom stereocenters. The minimum absolute atomic E-state index is 0.0254. The number of hydrogen-bond donors (Lipinski definition) is 1. The lowest BCUT2D eigenvalue weighted by molar-refractivity contribution is 0.0206. The normalized spacial score (nSPS) is 22.3. The second-order valence-corrected chi connectivity index (χ2v) is 7.17. The van der Waals surface area contributed by atoms with E-state index < -0.39 is 10.0 Å². The van der Waals surface area contributed by atoms with Gasteiger partial charge in [-0.1, -0.05) is 13.8 Å². The van der Waals surface area contributed by atoms with E-state index in [-0.39, 0.29) is 11.9 Å². The molecule has 0 aromatic carbocycles. The van der Waals surface area contributed by atoms with Crippen LogP contribution in [0.4, 0.5) is 0 Å². The van der Waals surface area contributed by atoms with Crippen LogP contribution in [0.5, 0.6) is 0 Å². The number of rotatable bonds is 6. The standard InChI is InChI=1S/C11H24N2O3S/c1-10(2)4-7-17(14,15)13(3)9-11-8-12-5-6-16-11/h10-12H,4-9H2,1-3H3. The van der Waals surface area contributed by atoms with Crippen LogP contribution in [-0.4, -0.2) is 57.9 Å². The molecule has 1 N–H and O–H groups in total. The second kappa shape index (κ2) is 6.68. The number of nitrogens with zero attached hydrogens (tertiary/aromatic N) is 1. The zero-order valence-corrected chi connectivity index (χ0v) is 11.8. The van der Waals surface area contributed by atoms with E-state index in [9.17, 15) is 8.42 Å². The Labute approximate surface area is 105 Å². The third kappa shape index (κ3) is 5.33. The molecular formula is C11H24N2O3S. The predicted molar refractivity (Wildman–Crippen MR) is 68.5 cm³/mol. The van der Waals surface area contributed by atoms with Crippen molar-refractivity contribution in [2.24, 2.45) is 5.92 Å². The Kier molecular flexibility index (Phi) is 5.85. The molecule has 5 nitrogen and oxygen atoms in total. The van der Waals surface area contributed by atoms with Gasteiger partial charge in [-0.25, -0.2) is 12.7 Å². The molecule has 17 heavy (non-hydrogen) atoms. The van der Waals surface area contributed by atoms with Crippen molar-refractivity contribution in [3.63, 3.8) is 0 Å². The summed E-state index contributed by atoms with van der Waals surface area (Å²) in [5, 5.41) is 3.20. The first kappa shape index (κ1) is 14.9. The van der Waals surface area contributed by atoms with Crippen molar-refractivity contribution < 1.29 is 13.2 Å². The molecule has 1 aliphatic heterocycles. The molecule has 1 saturated heterocycles. The average Bonchev–Trinajstić information content (AvgIpc) is 2.28. The molecule has 1 heterocycles. The van der Waals surface area contributed by atoms with Crippen molar-refractivity contribution >= 4 is 10.0 Å². The number of nitrogens with one attached hydrogen (secondary N) is 1. The summed E-state index contributed by atoms with van der Waals surface area (Å²) in [7, 11) is -1.50. The molecule has 102 valence electrons. The zero-order chi connectivity index (χ0) is 12.9. The molecule has 1 atom stereocenters.